The van der Waals surface area contributed by atoms with Gasteiger partial charge in [0.2, 0.25) is 0 Å². The predicted molar refractivity (Wildman–Crippen MR) is 71.4 cm³/mol. The van der Waals surface area contributed by atoms with E-state index in [1.807, 2.05) is 0 Å². The first-order chi connectivity index (χ1) is 7.29. The molecule has 1 rings (SSSR count). The molecule has 0 aliphatic carbocycles. The van der Waals surface area contributed by atoms with E-state index in [9.17, 15) is 0 Å². The van der Waals surface area contributed by atoms with Crippen molar-refractivity contribution in [2.24, 2.45) is 23.0 Å². The molecule has 0 aromatic rings. The second-order valence-corrected chi connectivity index (χ2v) is 7.00. The molecule has 0 saturated carbocycles. The van der Waals surface area contributed by atoms with Crippen molar-refractivity contribution in [3.63, 3.8) is 0 Å². The highest BCUT2D eigenvalue weighted by Crippen LogP contribution is 2.33. The highest BCUT2D eigenvalue weighted by molar-refractivity contribution is 4.85. The van der Waals surface area contributed by atoms with E-state index in [2.05, 4.69) is 39.5 Å². The molecule has 16 heavy (non-hydrogen) atoms. The number of nitrogens with zero attached hydrogens (tertiary/aromatic N) is 1. The lowest BCUT2D eigenvalue weighted by Gasteiger charge is -2.28. The zero-order valence-corrected chi connectivity index (χ0v) is 11.8. The molecule has 2 heteroatoms. The van der Waals surface area contributed by atoms with Crippen molar-refractivity contribution in [1.29, 1.82) is 0 Å². The Morgan fingerprint density at radius 1 is 1.31 bits per heavy atom. The van der Waals surface area contributed by atoms with Gasteiger partial charge in [0.15, 0.2) is 0 Å². The molecule has 1 saturated heterocycles. The van der Waals surface area contributed by atoms with E-state index in [4.69, 9.17) is 5.73 Å². The van der Waals surface area contributed by atoms with Crippen LogP contribution in [0.25, 0.3) is 0 Å². The van der Waals surface area contributed by atoms with Gasteiger partial charge in [-0.05, 0) is 36.6 Å². The van der Waals surface area contributed by atoms with Crippen molar-refractivity contribution >= 4 is 0 Å². The minimum Gasteiger partial charge on any atom is -0.327 e. The van der Waals surface area contributed by atoms with Crippen LogP contribution in [-0.2, 0) is 0 Å². The van der Waals surface area contributed by atoms with Gasteiger partial charge in [-0.3, -0.25) is 0 Å². The second kappa shape index (κ2) is 5.50. The summed E-state index contributed by atoms with van der Waals surface area (Å²) in [6, 6.07) is 0.360. The summed E-state index contributed by atoms with van der Waals surface area (Å²) in [4.78, 5) is 2.56. The van der Waals surface area contributed by atoms with Crippen molar-refractivity contribution in [2.75, 3.05) is 19.6 Å². The van der Waals surface area contributed by atoms with Crippen LogP contribution in [0.5, 0.6) is 0 Å². The number of nitrogens with two attached hydrogens (primary N) is 1. The SMILES string of the molecule is CC(C)CC(N)CN1CCC(C(C)(C)C)C1. The van der Waals surface area contributed by atoms with Crippen molar-refractivity contribution in [3.05, 3.63) is 0 Å². The van der Waals surface area contributed by atoms with Gasteiger partial charge in [0, 0.05) is 19.1 Å². The molecule has 1 heterocycles. The van der Waals surface area contributed by atoms with Gasteiger partial charge < -0.3 is 10.6 Å². The Kier molecular flexibility index (Phi) is 4.81. The van der Waals surface area contributed by atoms with Crippen LogP contribution in [0.15, 0.2) is 0 Å². The maximum atomic E-state index is 6.17. The lowest BCUT2D eigenvalue weighted by atomic mass is 9.80. The molecule has 0 radical (unpaired) electrons. The summed E-state index contributed by atoms with van der Waals surface area (Å²) in [5.41, 5.74) is 6.62. The summed E-state index contributed by atoms with van der Waals surface area (Å²) < 4.78 is 0. The third-order valence-electron chi connectivity index (χ3n) is 3.76. The molecule has 2 atom stereocenters. The van der Waals surface area contributed by atoms with Crippen LogP contribution in [0.3, 0.4) is 0 Å². The van der Waals surface area contributed by atoms with E-state index in [-0.39, 0.29) is 0 Å². The number of likely N-dealkylation sites (tertiary alicyclic amines) is 1. The van der Waals surface area contributed by atoms with Gasteiger partial charge in [0.1, 0.15) is 0 Å². The number of rotatable bonds is 4. The molecule has 0 amide bonds. The fourth-order valence-electron chi connectivity index (χ4n) is 2.72. The molecule has 0 spiro atoms. The molecule has 1 aliphatic rings. The van der Waals surface area contributed by atoms with Crippen molar-refractivity contribution < 1.29 is 0 Å². The van der Waals surface area contributed by atoms with Crippen LogP contribution in [0.2, 0.25) is 0 Å². The summed E-state index contributed by atoms with van der Waals surface area (Å²) in [5, 5.41) is 0. The van der Waals surface area contributed by atoms with E-state index in [0.717, 1.165) is 24.8 Å². The molecule has 96 valence electrons. The number of hydrogen-bond acceptors (Lipinski definition) is 2. The maximum Gasteiger partial charge on any atom is 0.0170 e. The Labute approximate surface area is 102 Å². The maximum absolute atomic E-state index is 6.17. The van der Waals surface area contributed by atoms with Gasteiger partial charge in [-0.2, -0.15) is 0 Å². The van der Waals surface area contributed by atoms with Crippen LogP contribution in [0.4, 0.5) is 0 Å². The van der Waals surface area contributed by atoms with Crippen LogP contribution in [-0.4, -0.2) is 30.6 Å². The second-order valence-electron chi connectivity index (χ2n) is 7.00. The van der Waals surface area contributed by atoms with Gasteiger partial charge in [0.05, 0.1) is 0 Å². The predicted octanol–water partition coefficient (Wildman–Crippen LogP) is 2.73. The van der Waals surface area contributed by atoms with Gasteiger partial charge in [-0.1, -0.05) is 34.6 Å². The highest BCUT2D eigenvalue weighted by atomic mass is 15.2. The van der Waals surface area contributed by atoms with Gasteiger partial charge >= 0.3 is 0 Å². The van der Waals surface area contributed by atoms with E-state index < -0.39 is 0 Å². The lowest BCUT2D eigenvalue weighted by molar-refractivity contribution is 0.221. The molecular formula is C14H30N2. The van der Waals surface area contributed by atoms with E-state index in [1.165, 1.54) is 19.5 Å². The van der Waals surface area contributed by atoms with Crippen LogP contribution in [0.1, 0.15) is 47.5 Å². The average molecular weight is 226 g/mol. The molecule has 2 nitrogen and oxygen atoms in total. The molecule has 2 N–H and O–H groups in total. The van der Waals surface area contributed by atoms with Crippen LogP contribution < -0.4 is 5.73 Å². The molecule has 0 aromatic heterocycles. The quantitative estimate of drug-likeness (QED) is 0.798. The third-order valence-corrected chi connectivity index (χ3v) is 3.76. The van der Waals surface area contributed by atoms with E-state index in [1.54, 1.807) is 0 Å². The normalized spacial score (nSPS) is 25.3. The first kappa shape index (κ1) is 14.0. The van der Waals surface area contributed by atoms with Crippen LogP contribution in [0, 0.1) is 17.3 Å². The Morgan fingerprint density at radius 3 is 2.38 bits per heavy atom. The Balaban J connectivity index is 2.31. The average Bonchev–Trinajstić information content (AvgIpc) is 2.49. The first-order valence-corrected chi connectivity index (χ1v) is 6.77. The molecular weight excluding hydrogens is 196 g/mol. The fraction of sp³-hybridized carbons (Fsp3) is 1.00. The summed E-state index contributed by atoms with van der Waals surface area (Å²) >= 11 is 0. The topological polar surface area (TPSA) is 29.3 Å². The summed E-state index contributed by atoms with van der Waals surface area (Å²) in [6.45, 7) is 15.1. The molecule has 1 aliphatic heterocycles. The van der Waals surface area contributed by atoms with Crippen molar-refractivity contribution in [3.8, 4) is 0 Å². The summed E-state index contributed by atoms with van der Waals surface area (Å²) in [5.74, 6) is 1.56. The molecule has 0 bridgehead atoms. The van der Waals surface area contributed by atoms with Crippen LogP contribution >= 0.6 is 0 Å². The molecule has 2 unspecified atom stereocenters. The Bertz CT molecular complexity index is 205. The minimum absolute atomic E-state index is 0.360. The monoisotopic (exact) mass is 226 g/mol. The zero-order chi connectivity index (χ0) is 12.3. The van der Waals surface area contributed by atoms with Gasteiger partial charge in [0.25, 0.3) is 0 Å². The van der Waals surface area contributed by atoms with E-state index in [0.29, 0.717) is 11.5 Å². The lowest BCUT2D eigenvalue weighted by Crippen LogP contribution is -2.37. The largest absolute Gasteiger partial charge is 0.327 e. The smallest absolute Gasteiger partial charge is 0.0170 e. The third kappa shape index (κ3) is 4.42. The zero-order valence-electron chi connectivity index (χ0n) is 11.8. The summed E-state index contributed by atoms with van der Waals surface area (Å²) in [6.07, 6.45) is 2.49. The number of hydrogen-bond donors (Lipinski definition) is 1. The molecule has 0 aromatic carbocycles. The summed E-state index contributed by atoms with van der Waals surface area (Å²) in [7, 11) is 0. The van der Waals surface area contributed by atoms with E-state index >= 15 is 0 Å². The molecule has 1 fully saturated rings. The van der Waals surface area contributed by atoms with Crippen molar-refractivity contribution in [2.45, 2.75) is 53.5 Å². The highest BCUT2D eigenvalue weighted by Gasteiger charge is 2.31. The fourth-order valence-corrected chi connectivity index (χ4v) is 2.72. The standard InChI is InChI=1S/C14H30N2/c1-11(2)8-13(15)10-16-7-6-12(9-16)14(3,4)5/h11-13H,6-10,15H2,1-5H3. The first-order valence-electron chi connectivity index (χ1n) is 6.77. The Morgan fingerprint density at radius 2 is 1.94 bits per heavy atom. The van der Waals surface area contributed by atoms with Gasteiger partial charge in [-0.25, -0.2) is 0 Å². The van der Waals surface area contributed by atoms with Gasteiger partial charge in [-0.15, -0.1) is 0 Å². The Hall–Kier alpha value is -0.0800. The minimum atomic E-state index is 0.360. The van der Waals surface area contributed by atoms with Crippen molar-refractivity contribution in [1.82, 2.24) is 4.90 Å².